The van der Waals surface area contributed by atoms with Gasteiger partial charge in [-0.05, 0) is 47.3 Å². The van der Waals surface area contributed by atoms with Gasteiger partial charge in [0.25, 0.3) is 0 Å². The van der Waals surface area contributed by atoms with E-state index in [4.69, 9.17) is 10.00 Å². The van der Waals surface area contributed by atoms with Crippen LogP contribution in [0.5, 0.6) is 0 Å². The van der Waals surface area contributed by atoms with E-state index in [0.717, 1.165) is 52.1 Å². The van der Waals surface area contributed by atoms with Crippen molar-refractivity contribution in [3.63, 3.8) is 0 Å². The van der Waals surface area contributed by atoms with E-state index in [1.54, 1.807) is 0 Å². The Balaban J connectivity index is 3.15. The lowest BCUT2D eigenvalue weighted by Crippen LogP contribution is -2.24. The predicted molar refractivity (Wildman–Crippen MR) is 75.5 cm³/mol. The molecule has 4 nitrogen and oxygen atoms in total. The zero-order valence-electron chi connectivity index (χ0n) is 12.5. The third-order valence-corrected chi connectivity index (χ3v) is 2.81. The van der Waals surface area contributed by atoms with Gasteiger partial charge in [0.1, 0.15) is 0 Å². The number of hydrogen-bond donors (Lipinski definition) is 1. The van der Waals surface area contributed by atoms with Gasteiger partial charge in [-0.3, -0.25) is 0 Å². The van der Waals surface area contributed by atoms with Gasteiger partial charge in [-0.15, -0.1) is 0 Å². The molecule has 0 radical (unpaired) electrons. The van der Waals surface area contributed by atoms with Crippen molar-refractivity contribution in [2.24, 2.45) is 5.41 Å². The Morgan fingerprint density at radius 3 is 2.50 bits per heavy atom. The van der Waals surface area contributed by atoms with Crippen molar-refractivity contribution in [3.8, 4) is 6.07 Å². The second kappa shape index (κ2) is 10.3. The number of ether oxygens (including phenoxy) is 1. The Kier molecular flexibility index (Phi) is 9.95. The van der Waals surface area contributed by atoms with Gasteiger partial charge in [0.2, 0.25) is 0 Å². The average molecular weight is 255 g/mol. The highest BCUT2D eigenvalue weighted by molar-refractivity contribution is 4.91. The van der Waals surface area contributed by atoms with E-state index >= 15 is 0 Å². The summed E-state index contributed by atoms with van der Waals surface area (Å²) < 4.78 is 5.48. The Morgan fingerprint density at radius 1 is 1.17 bits per heavy atom. The highest BCUT2D eigenvalue weighted by atomic mass is 16.5. The Bertz CT molecular complexity index is 234. The molecular weight excluding hydrogens is 226 g/mol. The van der Waals surface area contributed by atoms with Crippen LogP contribution < -0.4 is 5.32 Å². The SMILES string of the molecule is CN(C)CCOCCNCCCCC(C)(C)C#N. The molecule has 0 aliphatic heterocycles. The zero-order chi connectivity index (χ0) is 13.9. The van der Waals surface area contributed by atoms with Crippen molar-refractivity contribution in [3.05, 3.63) is 0 Å². The van der Waals surface area contributed by atoms with Crippen molar-refractivity contribution in [2.45, 2.75) is 33.1 Å². The maximum absolute atomic E-state index is 8.87. The van der Waals surface area contributed by atoms with Crippen LogP contribution in [0.3, 0.4) is 0 Å². The van der Waals surface area contributed by atoms with Crippen LogP contribution in [0.2, 0.25) is 0 Å². The topological polar surface area (TPSA) is 48.3 Å². The highest BCUT2D eigenvalue weighted by Gasteiger charge is 2.14. The number of nitrogens with one attached hydrogen (secondary N) is 1. The Labute approximate surface area is 112 Å². The van der Waals surface area contributed by atoms with Crippen molar-refractivity contribution in [1.82, 2.24) is 10.2 Å². The second-order valence-electron chi connectivity index (χ2n) is 5.62. The monoisotopic (exact) mass is 255 g/mol. The summed E-state index contributed by atoms with van der Waals surface area (Å²) in [5, 5.41) is 12.2. The van der Waals surface area contributed by atoms with Gasteiger partial charge in [-0.25, -0.2) is 0 Å². The maximum atomic E-state index is 8.87. The summed E-state index contributed by atoms with van der Waals surface area (Å²) in [6.07, 6.45) is 3.21. The highest BCUT2D eigenvalue weighted by Crippen LogP contribution is 2.21. The van der Waals surface area contributed by atoms with Gasteiger partial charge in [0.15, 0.2) is 0 Å². The van der Waals surface area contributed by atoms with Gasteiger partial charge in [0, 0.05) is 13.1 Å². The summed E-state index contributed by atoms with van der Waals surface area (Å²) in [5.41, 5.74) is -0.171. The van der Waals surface area contributed by atoms with Gasteiger partial charge >= 0.3 is 0 Å². The predicted octanol–water partition coefficient (Wildman–Crippen LogP) is 1.87. The molecule has 0 aliphatic rings. The van der Waals surface area contributed by atoms with E-state index in [2.05, 4.69) is 16.3 Å². The summed E-state index contributed by atoms with van der Waals surface area (Å²) >= 11 is 0. The molecule has 0 spiro atoms. The minimum Gasteiger partial charge on any atom is -0.379 e. The molecule has 0 fully saturated rings. The first-order valence-corrected chi connectivity index (χ1v) is 6.82. The molecule has 0 unspecified atom stereocenters. The van der Waals surface area contributed by atoms with Crippen molar-refractivity contribution < 1.29 is 4.74 Å². The minimum atomic E-state index is -0.171. The molecule has 1 N–H and O–H groups in total. The Morgan fingerprint density at radius 2 is 1.89 bits per heavy atom. The van der Waals surface area contributed by atoms with Gasteiger partial charge in [-0.1, -0.05) is 6.42 Å². The molecule has 0 saturated heterocycles. The molecule has 0 heterocycles. The molecule has 18 heavy (non-hydrogen) atoms. The number of hydrogen-bond acceptors (Lipinski definition) is 4. The third kappa shape index (κ3) is 11.8. The van der Waals surface area contributed by atoms with Crippen LogP contribution in [0, 0.1) is 16.7 Å². The van der Waals surface area contributed by atoms with Crippen molar-refractivity contribution >= 4 is 0 Å². The maximum Gasteiger partial charge on any atom is 0.0683 e. The largest absolute Gasteiger partial charge is 0.379 e. The first kappa shape index (κ1) is 17.4. The Hall–Kier alpha value is -0.630. The summed E-state index contributed by atoms with van der Waals surface area (Å²) in [4.78, 5) is 2.12. The smallest absolute Gasteiger partial charge is 0.0683 e. The van der Waals surface area contributed by atoms with Gasteiger partial charge < -0.3 is 15.0 Å². The van der Waals surface area contributed by atoms with E-state index in [1.165, 1.54) is 0 Å². The number of likely N-dealkylation sites (N-methyl/N-ethyl adjacent to an activating group) is 1. The van der Waals surface area contributed by atoms with Crippen LogP contribution >= 0.6 is 0 Å². The zero-order valence-corrected chi connectivity index (χ0v) is 12.5. The van der Waals surface area contributed by atoms with Crippen LogP contribution in [0.1, 0.15) is 33.1 Å². The molecule has 4 heteroatoms. The summed E-state index contributed by atoms with van der Waals surface area (Å²) in [7, 11) is 4.09. The molecular formula is C14H29N3O. The molecule has 0 aromatic carbocycles. The van der Waals surface area contributed by atoms with Crippen LogP contribution in [0.25, 0.3) is 0 Å². The quantitative estimate of drug-likeness (QED) is 0.573. The van der Waals surface area contributed by atoms with Crippen LogP contribution in [-0.4, -0.2) is 51.8 Å². The fourth-order valence-corrected chi connectivity index (χ4v) is 1.49. The molecule has 0 rings (SSSR count). The van der Waals surface area contributed by atoms with Gasteiger partial charge in [0.05, 0.1) is 24.7 Å². The number of unbranched alkanes of at least 4 members (excludes halogenated alkanes) is 1. The lowest BCUT2D eigenvalue weighted by atomic mass is 9.89. The summed E-state index contributed by atoms with van der Waals surface area (Å²) in [6, 6.07) is 2.33. The van der Waals surface area contributed by atoms with Crippen molar-refractivity contribution in [1.29, 1.82) is 5.26 Å². The molecule has 0 atom stereocenters. The molecule has 0 saturated carbocycles. The number of nitriles is 1. The second-order valence-corrected chi connectivity index (χ2v) is 5.62. The standard InChI is InChI=1S/C14H29N3O/c1-14(2,13-15)7-5-6-8-16-9-11-18-12-10-17(3)4/h16H,5-12H2,1-4H3. The lowest BCUT2D eigenvalue weighted by Gasteiger charge is -2.14. The van der Waals surface area contributed by atoms with E-state index in [0.29, 0.717) is 0 Å². The third-order valence-electron chi connectivity index (χ3n) is 2.81. The van der Waals surface area contributed by atoms with E-state index < -0.39 is 0 Å². The number of rotatable bonds is 11. The molecule has 0 aromatic rings. The average Bonchev–Trinajstić information content (AvgIpc) is 2.31. The molecule has 106 valence electrons. The normalized spacial score (nSPS) is 11.8. The van der Waals surface area contributed by atoms with E-state index in [-0.39, 0.29) is 5.41 Å². The first-order valence-electron chi connectivity index (χ1n) is 6.82. The molecule has 0 bridgehead atoms. The molecule has 0 aromatic heterocycles. The fraction of sp³-hybridized carbons (Fsp3) is 0.929. The van der Waals surface area contributed by atoms with Crippen LogP contribution in [0.15, 0.2) is 0 Å². The fourth-order valence-electron chi connectivity index (χ4n) is 1.49. The minimum absolute atomic E-state index is 0.171. The van der Waals surface area contributed by atoms with Gasteiger partial charge in [-0.2, -0.15) is 5.26 Å². The molecule has 0 amide bonds. The molecule has 0 aliphatic carbocycles. The summed E-state index contributed by atoms with van der Waals surface area (Å²) in [5.74, 6) is 0. The van der Waals surface area contributed by atoms with E-state index in [1.807, 2.05) is 27.9 Å². The van der Waals surface area contributed by atoms with Crippen molar-refractivity contribution in [2.75, 3.05) is 46.9 Å². The first-order chi connectivity index (χ1) is 8.48. The van der Waals surface area contributed by atoms with E-state index in [9.17, 15) is 0 Å². The number of nitrogens with zero attached hydrogens (tertiary/aromatic N) is 2. The van der Waals surface area contributed by atoms with Crippen LogP contribution in [-0.2, 0) is 4.74 Å². The van der Waals surface area contributed by atoms with Crippen LogP contribution in [0.4, 0.5) is 0 Å². The summed E-state index contributed by atoms with van der Waals surface area (Å²) in [6.45, 7) is 8.47. The lowest BCUT2D eigenvalue weighted by molar-refractivity contribution is 0.119.